The molecule has 0 aromatic heterocycles. The van der Waals surface area contributed by atoms with E-state index in [9.17, 15) is 29.4 Å². The molecule has 0 spiro atoms. The average molecular weight is 541 g/mol. The molecule has 1 fully saturated rings. The van der Waals surface area contributed by atoms with Gasteiger partial charge in [-0.1, -0.05) is 12.1 Å². The van der Waals surface area contributed by atoms with E-state index in [4.69, 9.17) is 5.73 Å². The molecule has 0 bridgehead atoms. The molecule has 1 saturated heterocycles. The first kappa shape index (κ1) is 29.8. The molecule has 6 N–H and O–H groups in total. The van der Waals surface area contributed by atoms with Crippen LogP contribution < -0.4 is 16.4 Å². The fourth-order valence-corrected chi connectivity index (χ4v) is 4.96. The molecule has 0 aliphatic carbocycles. The maximum atomic E-state index is 13.1. The Balaban J connectivity index is 2.08. The number of rotatable bonds is 14. The molecular formula is C24H36N4O6S2. The molecule has 4 unspecified atom stereocenters. The number of likely N-dealkylation sites (tertiary alicyclic amines) is 1. The molecule has 1 aliphatic rings. The second-order valence-electron chi connectivity index (χ2n) is 8.69. The Morgan fingerprint density at radius 1 is 1.06 bits per heavy atom. The van der Waals surface area contributed by atoms with Crippen LogP contribution >= 0.6 is 23.5 Å². The van der Waals surface area contributed by atoms with E-state index >= 15 is 0 Å². The Bertz CT molecular complexity index is 901. The summed E-state index contributed by atoms with van der Waals surface area (Å²) < 4.78 is 0. The minimum absolute atomic E-state index is 0.0172. The van der Waals surface area contributed by atoms with Gasteiger partial charge in [-0.05, 0) is 67.4 Å². The summed E-state index contributed by atoms with van der Waals surface area (Å²) in [6.45, 7) is 0.430. The first-order valence-corrected chi connectivity index (χ1v) is 14.6. The molecule has 10 nitrogen and oxygen atoms in total. The molecule has 0 saturated carbocycles. The number of carboxylic acid groups (broad SMARTS) is 1. The lowest BCUT2D eigenvalue weighted by atomic mass is 10.0. The van der Waals surface area contributed by atoms with Gasteiger partial charge in [-0.2, -0.15) is 23.5 Å². The van der Waals surface area contributed by atoms with Gasteiger partial charge >= 0.3 is 5.97 Å². The molecule has 1 aromatic carbocycles. The van der Waals surface area contributed by atoms with Gasteiger partial charge in [-0.3, -0.25) is 14.4 Å². The molecule has 1 aliphatic heterocycles. The van der Waals surface area contributed by atoms with Gasteiger partial charge in [-0.25, -0.2) is 4.79 Å². The number of nitrogens with zero attached hydrogens (tertiary/aromatic N) is 1. The number of benzene rings is 1. The molecule has 3 amide bonds. The Labute approximate surface area is 220 Å². The third-order valence-electron chi connectivity index (χ3n) is 6.02. The standard InChI is InChI=1S/C24H36N4O6S2/c1-35-12-9-17(25)23(32)28-11-3-4-20(28)22(31)26-18(10-13-36-2)21(30)27-19(24(33)34)14-15-5-7-16(29)8-6-15/h5-8,17-20,29H,3-4,9-14,25H2,1-2H3,(H,26,31)(H,27,30)(H,33,34). The van der Waals surface area contributed by atoms with Crippen LogP contribution in [0, 0.1) is 0 Å². The number of nitrogens with two attached hydrogens (primary N) is 1. The summed E-state index contributed by atoms with van der Waals surface area (Å²) in [5, 5.41) is 24.4. The van der Waals surface area contributed by atoms with Gasteiger partial charge in [0.25, 0.3) is 0 Å². The van der Waals surface area contributed by atoms with Crippen molar-refractivity contribution in [1.29, 1.82) is 0 Å². The highest BCUT2D eigenvalue weighted by atomic mass is 32.2. The number of carbonyl (C=O) groups excluding carboxylic acids is 3. The first-order chi connectivity index (χ1) is 17.2. The number of phenolic OH excluding ortho intramolecular Hbond substituents is 1. The third kappa shape index (κ3) is 8.90. The van der Waals surface area contributed by atoms with Crippen LogP contribution in [0.2, 0.25) is 0 Å². The monoisotopic (exact) mass is 540 g/mol. The van der Waals surface area contributed by atoms with E-state index in [0.29, 0.717) is 43.5 Å². The summed E-state index contributed by atoms with van der Waals surface area (Å²) in [5.41, 5.74) is 6.67. The van der Waals surface area contributed by atoms with Crippen LogP contribution in [0.15, 0.2) is 24.3 Å². The van der Waals surface area contributed by atoms with Crippen molar-refractivity contribution in [2.45, 2.75) is 56.3 Å². The average Bonchev–Trinajstić information content (AvgIpc) is 3.35. The van der Waals surface area contributed by atoms with Crippen LogP contribution in [-0.2, 0) is 25.6 Å². The number of aromatic hydroxyl groups is 1. The molecular weight excluding hydrogens is 504 g/mol. The van der Waals surface area contributed by atoms with Crippen molar-refractivity contribution >= 4 is 47.2 Å². The van der Waals surface area contributed by atoms with Crippen LogP contribution in [0.4, 0.5) is 0 Å². The lowest BCUT2D eigenvalue weighted by Crippen LogP contribution is -2.57. The number of aliphatic carboxylic acids is 1. The summed E-state index contributed by atoms with van der Waals surface area (Å²) in [6, 6.07) is 2.50. The lowest BCUT2D eigenvalue weighted by Gasteiger charge is -2.28. The van der Waals surface area contributed by atoms with Crippen molar-refractivity contribution in [2.24, 2.45) is 5.73 Å². The van der Waals surface area contributed by atoms with E-state index in [1.54, 1.807) is 23.9 Å². The summed E-state index contributed by atoms with van der Waals surface area (Å²) in [7, 11) is 0. The third-order valence-corrected chi connectivity index (χ3v) is 7.31. The van der Waals surface area contributed by atoms with Crippen molar-refractivity contribution in [3.05, 3.63) is 29.8 Å². The highest BCUT2D eigenvalue weighted by Crippen LogP contribution is 2.20. The van der Waals surface area contributed by atoms with Gasteiger partial charge in [0.2, 0.25) is 17.7 Å². The van der Waals surface area contributed by atoms with E-state index < -0.39 is 42.0 Å². The fraction of sp³-hybridized carbons (Fsp3) is 0.583. The van der Waals surface area contributed by atoms with Crippen molar-refractivity contribution in [3.63, 3.8) is 0 Å². The SMILES string of the molecule is CSCCC(N)C(=O)N1CCCC1C(=O)NC(CCSC)C(=O)NC(Cc1ccc(O)cc1)C(=O)O. The van der Waals surface area contributed by atoms with Crippen LogP contribution in [0.3, 0.4) is 0 Å². The predicted molar refractivity (Wildman–Crippen MR) is 142 cm³/mol. The van der Waals surface area contributed by atoms with Gasteiger partial charge in [0, 0.05) is 13.0 Å². The van der Waals surface area contributed by atoms with Crippen LogP contribution in [-0.4, -0.2) is 93.5 Å². The van der Waals surface area contributed by atoms with Gasteiger partial charge in [0.15, 0.2) is 0 Å². The quantitative estimate of drug-likeness (QED) is 0.230. The Hall–Kier alpha value is -2.44. The molecule has 2 rings (SSSR count). The Kier molecular flexibility index (Phi) is 12.4. The molecule has 0 radical (unpaired) electrons. The van der Waals surface area contributed by atoms with Crippen molar-refractivity contribution in [2.75, 3.05) is 30.6 Å². The fourth-order valence-electron chi connectivity index (χ4n) is 4.00. The lowest BCUT2D eigenvalue weighted by molar-refractivity contribution is -0.143. The summed E-state index contributed by atoms with van der Waals surface area (Å²) in [4.78, 5) is 52.3. The number of thioether (sulfide) groups is 2. The summed E-state index contributed by atoms with van der Waals surface area (Å²) in [6.07, 6.45) is 5.78. The maximum Gasteiger partial charge on any atom is 0.326 e. The van der Waals surface area contributed by atoms with Gasteiger partial charge < -0.3 is 31.5 Å². The van der Waals surface area contributed by atoms with Crippen molar-refractivity contribution in [1.82, 2.24) is 15.5 Å². The molecule has 12 heteroatoms. The second-order valence-corrected chi connectivity index (χ2v) is 10.7. The highest BCUT2D eigenvalue weighted by Gasteiger charge is 2.37. The Morgan fingerprint density at radius 2 is 1.69 bits per heavy atom. The van der Waals surface area contributed by atoms with E-state index in [-0.39, 0.29) is 18.1 Å². The maximum absolute atomic E-state index is 13.1. The Morgan fingerprint density at radius 3 is 2.31 bits per heavy atom. The van der Waals surface area contributed by atoms with Crippen LogP contribution in [0.5, 0.6) is 5.75 Å². The molecule has 36 heavy (non-hydrogen) atoms. The van der Waals surface area contributed by atoms with E-state index in [1.807, 2.05) is 12.5 Å². The molecule has 1 heterocycles. The summed E-state index contributed by atoms with van der Waals surface area (Å²) >= 11 is 3.09. The van der Waals surface area contributed by atoms with Crippen molar-refractivity contribution < 1.29 is 29.4 Å². The predicted octanol–water partition coefficient (Wildman–Crippen LogP) is 0.813. The molecule has 4 atom stereocenters. The van der Waals surface area contributed by atoms with Gasteiger partial charge in [0.1, 0.15) is 23.9 Å². The van der Waals surface area contributed by atoms with E-state index in [0.717, 1.165) is 5.75 Å². The number of amides is 3. The second kappa shape index (κ2) is 15.0. The minimum Gasteiger partial charge on any atom is -0.508 e. The first-order valence-electron chi connectivity index (χ1n) is 11.8. The van der Waals surface area contributed by atoms with E-state index in [2.05, 4.69) is 10.6 Å². The number of carboxylic acids is 1. The van der Waals surface area contributed by atoms with Crippen LogP contribution in [0.1, 0.15) is 31.2 Å². The zero-order chi connectivity index (χ0) is 26.7. The van der Waals surface area contributed by atoms with Gasteiger partial charge in [-0.15, -0.1) is 0 Å². The molecule has 200 valence electrons. The smallest absolute Gasteiger partial charge is 0.326 e. The summed E-state index contributed by atoms with van der Waals surface area (Å²) in [5.74, 6) is -1.16. The number of carbonyl (C=O) groups is 4. The highest BCUT2D eigenvalue weighted by molar-refractivity contribution is 7.98. The number of nitrogens with one attached hydrogen (secondary N) is 2. The largest absolute Gasteiger partial charge is 0.508 e. The normalized spacial score (nSPS) is 17.8. The van der Waals surface area contributed by atoms with E-state index in [1.165, 1.54) is 28.8 Å². The van der Waals surface area contributed by atoms with Gasteiger partial charge in [0.05, 0.1) is 6.04 Å². The van der Waals surface area contributed by atoms with Crippen LogP contribution in [0.25, 0.3) is 0 Å². The number of hydrogen-bond donors (Lipinski definition) is 5. The minimum atomic E-state index is -1.21. The zero-order valence-corrected chi connectivity index (χ0v) is 22.3. The molecule has 1 aromatic rings. The zero-order valence-electron chi connectivity index (χ0n) is 20.6. The number of hydrogen-bond acceptors (Lipinski definition) is 8. The topological polar surface area (TPSA) is 162 Å². The number of phenols is 1. The van der Waals surface area contributed by atoms with Crippen molar-refractivity contribution in [3.8, 4) is 5.75 Å².